The highest BCUT2D eigenvalue weighted by atomic mass is 16.2. The van der Waals surface area contributed by atoms with Gasteiger partial charge >= 0.3 is 0 Å². The van der Waals surface area contributed by atoms with Crippen LogP contribution >= 0.6 is 0 Å². The maximum atomic E-state index is 8.93. The average molecular weight is 240 g/mol. The molecule has 1 heteroatoms. The number of aliphatic hydroxyl groups is 1. The predicted octanol–water partition coefficient (Wildman–Crippen LogP) is 3.40. The highest BCUT2D eigenvalue weighted by Gasteiger charge is 2.02. The van der Waals surface area contributed by atoms with Crippen molar-refractivity contribution < 1.29 is 5.11 Å². The summed E-state index contributed by atoms with van der Waals surface area (Å²) in [7, 11) is 0. The van der Waals surface area contributed by atoms with Crippen molar-refractivity contribution >= 4 is 0 Å². The van der Waals surface area contributed by atoms with E-state index in [4.69, 9.17) is 5.11 Å². The fourth-order valence-corrected chi connectivity index (χ4v) is 2.24. The van der Waals surface area contributed by atoms with Crippen molar-refractivity contribution in [2.24, 2.45) is 0 Å². The Labute approximate surface area is 109 Å². The highest BCUT2D eigenvalue weighted by molar-refractivity contribution is 5.28. The molecule has 0 aliphatic heterocycles. The molecule has 0 aliphatic carbocycles. The SMILES string of the molecule is OCCCc1ccccc1CCc1ccccc1. The number of aliphatic hydroxyl groups excluding tert-OH is 1. The van der Waals surface area contributed by atoms with Crippen LogP contribution in [0, 0.1) is 0 Å². The summed E-state index contributed by atoms with van der Waals surface area (Å²) >= 11 is 0. The summed E-state index contributed by atoms with van der Waals surface area (Å²) in [5, 5.41) is 8.93. The van der Waals surface area contributed by atoms with Gasteiger partial charge in [0.2, 0.25) is 0 Å². The molecule has 94 valence electrons. The maximum absolute atomic E-state index is 8.93. The zero-order valence-electron chi connectivity index (χ0n) is 10.7. The van der Waals surface area contributed by atoms with E-state index < -0.39 is 0 Å². The summed E-state index contributed by atoms with van der Waals surface area (Å²) < 4.78 is 0. The van der Waals surface area contributed by atoms with E-state index in [2.05, 4.69) is 54.6 Å². The van der Waals surface area contributed by atoms with Crippen LogP contribution in [-0.4, -0.2) is 11.7 Å². The second-order valence-corrected chi connectivity index (χ2v) is 4.58. The second-order valence-electron chi connectivity index (χ2n) is 4.58. The van der Waals surface area contributed by atoms with E-state index in [0.29, 0.717) is 0 Å². The molecule has 2 aromatic rings. The van der Waals surface area contributed by atoms with E-state index in [0.717, 1.165) is 25.7 Å². The third kappa shape index (κ3) is 3.71. The Morgan fingerprint density at radius 3 is 1.94 bits per heavy atom. The number of hydrogen-bond acceptors (Lipinski definition) is 1. The lowest BCUT2D eigenvalue weighted by Crippen LogP contribution is -1.98. The zero-order valence-corrected chi connectivity index (χ0v) is 10.7. The first-order valence-electron chi connectivity index (χ1n) is 6.61. The van der Waals surface area contributed by atoms with Crippen LogP contribution in [0.2, 0.25) is 0 Å². The van der Waals surface area contributed by atoms with E-state index in [1.807, 2.05) is 0 Å². The van der Waals surface area contributed by atoms with Crippen LogP contribution in [0.3, 0.4) is 0 Å². The van der Waals surface area contributed by atoms with Crippen molar-refractivity contribution in [1.82, 2.24) is 0 Å². The van der Waals surface area contributed by atoms with Gasteiger partial charge in [-0.25, -0.2) is 0 Å². The van der Waals surface area contributed by atoms with Gasteiger partial charge in [-0.05, 0) is 42.4 Å². The zero-order chi connectivity index (χ0) is 12.6. The van der Waals surface area contributed by atoms with Crippen LogP contribution < -0.4 is 0 Å². The topological polar surface area (TPSA) is 20.2 Å². The third-order valence-corrected chi connectivity index (χ3v) is 3.25. The molecule has 0 saturated carbocycles. The molecule has 18 heavy (non-hydrogen) atoms. The monoisotopic (exact) mass is 240 g/mol. The first-order chi connectivity index (χ1) is 8.90. The molecular formula is C17H20O. The Morgan fingerprint density at radius 2 is 1.28 bits per heavy atom. The molecule has 0 aromatic heterocycles. The molecular weight excluding hydrogens is 220 g/mol. The fourth-order valence-electron chi connectivity index (χ4n) is 2.24. The molecule has 1 N–H and O–H groups in total. The largest absolute Gasteiger partial charge is 0.396 e. The number of benzene rings is 2. The number of hydrogen-bond donors (Lipinski definition) is 1. The van der Waals surface area contributed by atoms with Crippen molar-refractivity contribution in [1.29, 1.82) is 0 Å². The van der Waals surface area contributed by atoms with E-state index in [9.17, 15) is 0 Å². The molecule has 0 heterocycles. The van der Waals surface area contributed by atoms with E-state index in [-0.39, 0.29) is 6.61 Å². The van der Waals surface area contributed by atoms with Crippen molar-refractivity contribution in [3.63, 3.8) is 0 Å². The highest BCUT2D eigenvalue weighted by Crippen LogP contribution is 2.14. The molecule has 0 atom stereocenters. The van der Waals surface area contributed by atoms with Crippen LogP contribution in [0.4, 0.5) is 0 Å². The van der Waals surface area contributed by atoms with Gasteiger partial charge in [0, 0.05) is 6.61 Å². The van der Waals surface area contributed by atoms with Crippen LogP contribution in [-0.2, 0) is 19.3 Å². The minimum Gasteiger partial charge on any atom is -0.396 e. The first kappa shape index (κ1) is 12.8. The van der Waals surface area contributed by atoms with E-state index in [1.165, 1.54) is 16.7 Å². The fraction of sp³-hybridized carbons (Fsp3) is 0.294. The van der Waals surface area contributed by atoms with Crippen molar-refractivity contribution in [3.8, 4) is 0 Å². The first-order valence-corrected chi connectivity index (χ1v) is 6.61. The lowest BCUT2D eigenvalue weighted by molar-refractivity contribution is 0.288. The minimum absolute atomic E-state index is 0.271. The van der Waals surface area contributed by atoms with Crippen molar-refractivity contribution in [3.05, 3.63) is 71.3 Å². The van der Waals surface area contributed by atoms with Crippen LogP contribution in [0.25, 0.3) is 0 Å². The summed E-state index contributed by atoms with van der Waals surface area (Å²) in [6.45, 7) is 0.271. The van der Waals surface area contributed by atoms with Gasteiger partial charge in [0.25, 0.3) is 0 Å². The summed E-state index contributed by atoms with van der Waals surface area (Å²) in [4.78, 5) is 0. The quantitative estimate of drug-likeness (QED) is 0.820. The lowest BCUT2D eigenvalue weighted by Gasteiger charge is -2.09. The Morgan fingerprint density at radius 1 is 0.667 bits per heavy atom. The summed E-state index contributed by atoms with van der Waals surface area (Å²) in [6, 6.07) is 19.2. The molecule has 0 unspecified atom stereocenters. The molecule has 0 amide bonds. The average Bonchev–Trinajstić information content (AvgIpc) is 2.45. The second kappa shape index (κ2) is 6.97. The summed E-state index contributed by atoms with van der Waals surface area (Å²) in [6.07, 6.45) is 3.98. The molecule has 1 nitrogen and oxygen atoms in total. The number of rotatable bonds is 6. The van der Waals surface area contributed by atoms with Gasteiger partial charge in [-0.1, -0.05) is 54.6 Å². The van der Waals surface area contributed by atoms with Crippen LogP contribution in [0.1, 0.15) is 23.1 Å². The molecule has 2 rings (SSSR count). The molecule has 0 saturated heterocycles. The Kier molecular flexibility index (Phi) is 4.98. The van der Waals surface area contributed by atoms with Crippen molar-refractivity contribution in [2.75, 3.05) is 6.61 Å². The Bertz CT molecular complexity index is 462. The molecule has 0 aliphatic rings. The molecule has 0 radical (unpaired) electrons. The van der Waals surface area contributed by atoms with Crippen molar-refractivity contribution in [2.45, 2.75) is 25.7 Å². The summed E-state index contributed by atoms with van der Waals surface area (Å²) in [5.41, 5.74) is 4.17. The maximum Gasteiger partial charge on any atom is 0.0434 e. The molecule has 2 aromatic carbocycles. The molecule has 0 spiro atoms. The van der Waals surface area contributed by atoms with Gasteiger partial charge < -0.3 is 5.11 Å². The summed E-state index contributed by atoms with van der Waals surface area (Å²) in [5.74, 6) is 0. The van der Waals surface area contributed by atoms with Gasteiger partial charge in [0.1, 0.15) is 0 Å². The van der Waals surface area contributed by atoms with Gasteiger partial charge in [-0.2, -0.15) is 0 Å². The van der Waals surface area contributed by atoms with Gasteiger partial charge in [0.05, 0.1) is 0 Å². The molecule has 0 fully saturated rings. The third-order valence-electron chi connectivity index (χ3n) is 3.25. The smallest absolute Gasteiger partial charge is 0.0434 e. The number of aryl methyl sites for hydroxylation is 3. The van der Waals surface area contributed by atoms with Crippen LogP contribution in [0.5, 0.6) is 0 Å². The standard InChI is InChI=1S/C17H20O/c18-14-6-11-16-9-4-5-10-17(16)13-12-15-7-2-1-3-8-15/h1-5,7-10,18H,6,11-14H2. The van der Waals surface area contributed by atoms with E-state index >= 15 is 0 Å². The van der Waals surface area contributed by atoms with E-state index in [1.54, 1.807) is 0 Å². The minimum atomic E-state index is 0.271. The lowest BCUT2D eigenvalue weighted by atomic mass is 9.97. The van der Waals surface area contributed by atoms with Gasteiger partial charge in [0.15, 0.2) is 0 Å². The van der Waals surface area contributed by atoms with Crippen LogP contribution in [0.15, 0.2) is 54.6 Å². The normalized spacial score (nSPS) is 10.5. The Hall–Kier alpha value is -1.60. The predicted molar refractivity (Wildman–Crippen MR) is 75.7 cm³/mol. The van der Waals surface area contributed by atoms with Gasteiger partial charge in [-0.15, -0.1) is 0 Å². The molecule has 0 bridgehead atoms. The Balaban J connectivity index is 2.00. The van der Waals surface area contributed by atoms with Gasteiger partial charge in [-0.3, -0.25) is 0 Å².